The van der Waals surface area contributed by atoms with Gasteiger partial charge in [-0.15, -0.1) is 0 Å². The summed E-state index contributed by atoms with van der Waals surface area (Å²) in [7, 11) is 0. The number of carboxylic acids is 1. The molecule has 9 heteroatoms. The van der Waals surface area contributed by atoms with E-state index in [2.05, 4.69) is 10.1 Å². The van der Waals surface area contributed by atoms with Gasteiger partial charge in [0, 0.05) is 6.61 Å². The van der Waals surface area contributed by atoms with Gasteiger partial charge in [0.2, 0.25) is 5.91 Å². The molecule has 2 N–H and O–H groups in total. The molecule has 25 heavy (non-hydrogen) atoms. The van der Waals surface area contributed by atoms with Crippen molar-refractivity contribution in [1.82, 2.24) is 5.32 Å². The number of carbonyl (C=O) groups is 2. The van der Waals surface area contributed by atoms with Crippen LogP contribution in [0.4, 0.5) is 13.2 Å². The van der Waals surface area contributed by atoms with Crippen LogP contribution in [0.2, 0.25) is 0 Å². The quantitative estimate of drug-likeness (QED) is 0.775. The Morgan fingerprint density at radius 1 is 1.36 bits per heavy atom. The van der Waals surface area contributed by atoms with Crippen LogP contribution in [0.1, 0.15) is 18.4 Å². The van der Waals surface area contributed by atoms with E-state index in [1.165, 1.54) is 18.2 Å². The van der Waals surface area contributed by atoms with Crippen molar-refractivity contribution in [3.8, 4) is 5.75 Å². The number of amides is 1. The summed E-state index contributed by atoms with van der Waals surface area (Å²) in [6.45, 7) is -0.949. The second kappa shape index (κ2) is 7.73. The summed E-state index contributed by atoms with van der Waals surface area (Å²) in [4.78, 5) is 23.2. The van der Waals surface area contributed by atoms with E-state index in [0.29, 0.717) is 18.6 Å². The second-order valence-electron chi connectivity index (χ2n) is 5.93. The van der Waals surface area contributed by atoms with Crippen molar-refractivity contribution in [2.24, 2.45) is 0 Å². The van der Waals surface area contributed by atoms with Gasteiger partial charge in [-0.1, -0.05) is 12.1 Å². The molecule has 6 nitrogen and oxygen atoms in total. The smallest absolute Gasteiger partial charge is 0.422 e. The summed E-state index contributed by atoms with van der Waals surface area (Å²) >= 11 is 0. The minimum Gasteiger partial charge on any atom is -0.484 e. The predicted molar refractivity (Wildman–Crippen MR) is 80.3 cm³/mol. The maximum atomic E-state index is 12.2. The molecule has 2 rings (SSSR count). The Labute approximate surface area is 141 Å². The molecule has 1 fully saturated rings. The van der Waals surface area contributed by atoms with Crippen molar-refractivity contribution >= 4 is 11.9 Å². The third kappa shape index (κ3) is 6.26. The zero-order valence-corrected chi connectivity index (χ0v) is 13.3. The number of aliphatic carboxylic acids is 1. The lowest BCUT2D eigenvalue weighted by Crippen LogP contribution is -2.51. The lowest BCUT2D eigenvalue weighted by atomic mass is 9.94. The van der Waals surface area contributed by atoms with Gasteiger partial charge >= 0.3 is 12.1 Å². The van der Waals surface area contributed by atoms with Crippen LogP contribution in [0.3, 0.4) is 0 Å². The molecule has 0 saturated carbocycles. The normalized spacial score (nSPS) is 20.3. The van der Waals surface area contributed by atoms with Crippen molar-refractivity contribution < 1.29 is 37.3 Å². The first-order valence-electron chi connectivity index (χ1n) is 7.57. The highest BCUT2D eigenvalue weighted by Gasteiger charge is 2.38. The van der Waals surface area contributed by atoms with Crippen LogP contribution in [0.5, 0.6) is 5.75 Å². The first-order valence-corrected chi connectivity index (χ1v) is 7.57. The lowest BCUT2D eigenvalue weighted by molar-refractivity contribution is -0.153. The average molecular weight is 361 g/mol. The largest absolute Gasteiger partial charge is 0.484 e. The van der Waals surface area contributed by atoms with Crippen molar-refractivity contribution in [2.45, 2.75) is 31.0 Å². The predicted octanol–water partition coefficient (Wildman–Crippen LogP) is 1.92. The molecule has 1 amide bonds. The Balaban J connectivity index is 1.96. The van der Waals surface area contributed by atoms with Gasteiger partial charge in [0.25, 0.3) is 0 Å². The maximum Gasteiger partial charge on any atom is 0.422 e. The van der Waals surface area contributed by atoms with Crippen molar-refractivity contribution in [2.75, 3.05) is 19.8 Å². The van der Waals surface area contributed by atoms with E-state index in [1.54, 1.807) is 6.07 Å². The molecule has 1 aliphatic heterocycles. The summed E-state index contributed by atoms with van der Waals surface area (Å²) in [5.41, 5.74) is -0.491. The molecule has 1 saturated heterocycles. The number of rotatable bonds is 7. The highest BCUT2D eigenvalue weighted by molar-refractivity contribution is 5.80. The summed E-state index contributed by atoms with van der Waals surface area (Å²) in [5.74, 6) is -1.47. The molecule has 0 radical (unpaired) electrons. The molecule has 1 aromatic rings. The fourth-order valence-electron chi connectivity index (χ4n) is 2.61. The van der Waals surface area contributed by atoms with Gasteiger partial charge in [0.05, 0.1) is 25.0 Å². The number of nitrogens with one attached hydrogen (secondary N) is 1. The zero-order chi connectivity index (χ0) is 18.5. The van der Waals surface area contributed by atoms with E-state index in [1.807, 2.05) is 0 Å². The Morgan fingerprint density at radius 2 is 2.12 bits per heavy atom. The molecule has 0 aliphatic carbocycles. The van der Waals surface area contributed by atoms with Gasteiger partial charge in [0.15, 0.2) is 6.61 Å². The molecule has 1 aromatic carbocycles. The van der Waals surface area contributed by atoms with Crippen LogP contribution in [-0.4, -0.2) is 48.5 Å². The first-order chi connectivity index (χ1) is 11.7. The maximum absolute atomic E-state index is 12.2. The van der Waals surface area contributed by atoms with Crippen molar-refractivity contribution in [1.29, 1.82) is 0 Å². The Kier molecular flexibility index (Phi) is 5.89. The van der Waals surface area contributed by atoms with Gasteiger partial charge in [-0.2, -0.15) is 13.2 Å². The fourth-order valence-corrected chi connectivity index (χ4v) is 2.61. The van der Waals surface area contributed by atoms with E-state index in [4.69, 9.17) is 9.84 Å². The summed E-state index contributed by atoms with van der Waals surface area (Å²) in [6, 6.07) is 5.78. The molecular formula is C16H18F3NO5. The van der Waals surface area contributed by atoms with E-state index >= 15 is 0 Å². The number of alkyl halides is 3. The number of halogens is 3. The number of hydrogen-bond donors (Lipinski definition) is 2. The van der Waals surface area contributed by atoms with Crippen LogP contribution in [0.25, 0.3) is 0 Å². The summed E-state index contributed by atoms with van der Waals surface area (Å²) in [5, 5.41) is 11.7. The van der Waals surface area contributed by atoms with Gasteiger partial charge in [-0.25, -0.2) is 0 Å². The Hall–Kier alpha value is -2.29. The minimum atomic E-state index is -4.45. The monoisotopic (exact) mass is 361 g/mol. The van der Waals surface area contributed by atoms with Crippen molar-refractivity contribution in [3.63, 3.8) is 0 Å². The van der Waals surface area contributed by atoms with Crippen LogP contribution >= 0.6 is 0 Å². The topological polar surface area (TPSA) is 84.9 Å². The van der Waals surface area contributed by atoms with Gasteiger partial charge in [0.1, 0.15) is 5.75 Å². The number of benzene rings is 1. The van der Waals surface area contributed by atoms with Crippen molar-refractivity contribution in [3.05, 3.63) is 29.8 Å². The standard InChI is InChI=1S/C16H18F3NO5/c17-16(18,19)10-25-12-3-1-2-11(6-12)7-13(21)20-15(8-14(22)23)4-5-24-9-15/h1-3,6H,4-5,7-10H2,(H,20,21)(H,22,23). The number of carboxylic acid groups (broad SMARTS) is 1. The molecule has 1 aliphatic rings. The van der Waals surface area contributed by atoms with Crippen LogP contribution in [-0.2, 0) is 20.7 Å². The number of carbonyl (C=O) groups excluding carboxylic acids is 1. The number of ether oxygens (including phenoxy) is 2. The molecular weight excluding hydrogens is 343 g/mol. The summed E-state index contributed by atoms with van der Waals surface area (Å²) in [6.07, 6.45) is -4.42. The SMILES string of the molecule is O=C(O)CC1(NC(=O)Cc2cccc(OCC(F)(F)F)c2)CCOC1. The average Bonchev–Trinajstić information content (AvgIpc) is 2.91. The third-order valence-electron chi connectivity index (χ3n) is 3.66. The molecule has 0 aromatic heterocycles. The molecule has 1 atom stereocenters. The minimum absolute atomic E-state index is 0.00655. The van der Waals surface area contributed by atoms with Gasteiger partial charge < -0.3 is 19.9 Å². The molecule has 0 bridgehead atoms. The van der Waals surface area contributed by atoms with E-state index in [9.17, 15) is 22.8 Å². The Bertz CT molecular complexity index is 626. The first kappa shape index (κ1) is 19.0. The zero-order valence-electron chi connectivity index (χ0n) is 13.3. The van der Waals surface area contributed by atoms with Gasteiger partial charge in [-0.3, -0.25) is 9.59 Å². The highest BCUT2D eigenvalue weighted by atomic mass is 19.4. The third-order valence-corrected chi connectivity index (χ3v) is 3.66. The van der Waals surface area contributed by atoms with E-state index in [0.717, 1.165) is 0 Å². The molecule has 138 valence electrons. The molecule has 1 heterocycles. The lowest BCUT2D eigenvalue weighted by Gasteiger charge is -2.27. The second-order valence-corrected chi connectivity index (χ2v) is 5.93. The van der Waals surface area contributed by atoms with Gasteiger partial charge in [-0.05, 0) is 24.1 Å². The van der Waals surface area contributed by atoms with E-state index < -0.39 is 30.2 Å². The van der Waals surface area contributed by atoms with E-state index in [-0.39, 0.29) is 25.2 Å². The van der Waals surface area contributed by atoms with Crippen LogP contribution in [0.15, 0.2) is 24.3 Å². The Morgan fingerprint density at radius 3 is 2.72 bits per heavy atom. The highest BCUT2D eigenvalue weighted by Crippen LogP contribution is 2.23. The molecule has 1 unspecified atom stereocenters. The van der Waals surface area contributed by atoms with Crippen LogP contribution in [0, 0.1) is 0 Å². The molecule has 0 spiro atoms. The fraction of sp³-hybridized carbons (Fsp3) is 0.500. The number of hydrogen-bond acceptors (Lipinski definition) is 4. The van der Waals surface area contributed by atoms with Crippen LogP contribution < -0.4 is 10.1 Å². The summed E-state index contributed by atoms with van der Waals surface area (Å²) < 4.78 is 46.4.